The van der Waals surface area contributed by atoms with Gasteiger partial charge in [0, 0.05) is 28.7 Å². The van der Waals surface area contributed by atoms with E-state index in [9.17, 15) is 10.1 Å². The molecule has 0 saturated heterocycles. The highest BCUT2D eigenvalue weighted by molar-refractivity contribution is 9.10. The van der Waals surface area contributed by atoms with E-state index < -0.39 is 4.92 Å². The van der Waals surface area contributed by atoms with Gasteiger partial charge < -0.3 is 15.0 Å². The van der Waals surface area contributed by atoms with Gasteiger partial charge in [-0.25, -0.2) is 4.98 Å². The predicted molar refractivity (Wildman–Crippen MR) is 93.5 cm³/mol. The molecule has 0 spiro atoms. The van der Waals surface area contributed by atoms with E-state index in [-0.39, 0.29) is 5.82 Å². The summed E-state index contributed by atoms with van der Waals surface area (Å²) in [6.07, 6.45) is 2.04. The maximum absolute atomic E-state index is 11.1. The zero-order valence-corrected chi connectivity index (χ0v) is 14.7. The van der Waals surface area contributed by atoms with Crippen LogP contribution in [0, 0.1) is 10.1 Å². The van der Waals surface area contributed by atoms with Gasteiger partial charge in [-0.15, -0.1) is 0 Å². The van der Waals surface area contributed by atoms with Gasteiger partial charge in [-0.2, -0.15) is 0 Å². The van der Waals surface area contributed by atoms with Crippen LogP contribution in [0.25, 0.3) is 5.65 Å². The second-order valence-electron chi connectivity index (χ2n) is 5.49. The molecule has 1 aliphatic heterocycles. The molecule has 3 aromatic rings. The van der Waals surface area contributed by atoms with Crippen LogP contribution in [-0.2, 0) is 13.0 Å². The molecule has 2 aromatic heterocycles. The quantitative estimate of drug-likeness (QED) is 0.478. The molecule has 9 heteroatoms. The summed E-state index contributed by atoms with van der Waals surface area (Å²) in [6.45, 7) is 1.36. The van der Waals surface area contributed by atoms with Gasteiger partial charge in [-0.1, -0.05) is 37.1 Å². The molecule has 122 valence electrons. The van der Waals surface area contributed by atoms with Crippen molar-refractivity contribution in [3.8, 4) is 0 Å². The number of anilines is 1. The molecular formula is C15H11BrClN5O2. The van der Waals surface area contributed by atoms with Crippen molar-refractivity contribution < 1.29 is 4.92 Å². The number of nitrogens with zero attached hydrogens (tertiary/aromatic N) is 5. The van der Waals surface area contributed by atoms with E-state index in [0.717, 1.165) is 23.0 Å². The molecule has 3 heterocycles. The van der Waals surface area contributed by atoms with Gasteiger partial charge in [-0.3, -0.25) is 0 Å². The third kappa shape index (κ3) is 2.42. The lowest BCUT2D eigenvalue weighted by Gasteiger charge is -2.30. The average molecular weight is 409 g/mol. The Labute approximate surface area is 150 Å². The molecule has 0 radical (unpaired) electrons. The fourth-order valence-corrected chi connectivity index (χ4v) is 3.74. The standard InChI is InChI=1S/C15H11BrClN5O2/c16-11-1-2-12(17)10-8-20(6-5-9(10)11)14-4-3-13-18-7-15(22(23)24)21(13)19-14/h1-4,7H,5-6,8H2. The summed E-state index contributed by atoms with van der Waals surface area (Å²) in [5, 5.41) is 16.2. The first-order valence-corrected chi connectivity index (χ1v) is 8.41. The molecule has 0 fully saturated rings. The molecular weight excluding hydrogens is 398 g/mol. The van der Waals surface area contributed by atoms with Crippen LogP contribution >= 0.6 is 27.5 Å². The highest BCUT2D eigenvalue weighted by Gasteiger charge is 2.24. The number of rotatable bonds is 2. The van der Waals surface area contributed by atoms with Gasteiger partial charge in [0.25, 0.3) is 0 Å². The van der Waals surface area contributed by atoms with E-state index in [1.54, 1.807) is 6.07 Å². The van der Waals surface area contributed by atoms with Crippen LogP contribution in [0.15, 0.2) is 34.9 Å². The van der Waals surface area contributed by atoms with Crippen molar-refractivity contribution in [3.63, 3.8) is 0 Å². The third-order valence-corrected chi connectivity index (χ3v) is 5.24. The van der Waals surface area contributed by atoms with Crippen molar-refractivity contribution in [1.82, 2.24) is 14.6 Å². The Morgan fingerprint density at radius 2 is 2.08 bits per heavy atom. The Bertz CT molecular complexity index is 974. The summed E-state index contributed by atoms with van der Waals surface area (Å²) in [4.78, 5) is 16.6. The van der Waals surface area contributed by atoms with Crippen molar-refractivity contribution in [2.45, 2.75) is 13.0 Å². The van der Waals surface area contributed by atoms with Gasteiger partial charge >= 0.3 is 5.82 Å². The van der Waals surface area contributed by atoms with Gasteiger partial charge in [0.05, 0.1) is 0 Å². The Morgan fingerprint density at radius 3 is 2.88 bits per heavy atom. The Balaban J connectivity index is 1.74. The summed E-state index contributed by atoms with van der Waals surface area (Å²) in [5.74, 6) is 0.510. The number of hydrogen-bond acceptors (Lipinski definition) is 5. The fraction of sp³-hybridized carbons (Fsp3) is 0.200. The molecule has 0 amide bonds. The minimum Gasteiger partial charge on any atom is -0.358 e. The van der Waals surface area contributed by atoms with Crippen LogP contribution in [0.1, 0.15) is 11.1 Å². The molecule has 0 aliphatic carbocycles. The number of nitro groups is 1. The van der Waals surface area contributed by atoms with Gasteiger partial charge in [-0.05, 0) is 40.7 Å². The maximum Gasteiger partial charge on any atom is 0.368 e. The first-order valence-electron chi connectivity index (χ1n) is 7.24. The first kappa shape index (κ1) is 15.3. The van der Waals surface area contributed by atoms with E-state index in [1.165, 1.54) is 16.3 Å². The number of halogens is 2. The molecule has 0 atom stereocenters. The van der Waals surface area contributed by atoms with Crippen molar-refractivity contribution in [2.24, 2.45) is 0 Å². The topological polar surface area (TPSA) is 76.6 Å². The highest BCUT2D eigenvalue weighted by atomic mass is 79.9. The number of hydrogen-bond donors (Lipinski definition) is 0. The van der Waals surface area contributed by atoms with E-state index in [1.807, 2.05) is 18.2 Å². The van der Waals surface area contributed by atoms with Gasteiger partial charge in [0.15, 0.2) is 5.82 Å². The summed E-state index contributed by atoms with van der Waals surface area (Å²) < 4.78 is 2.31. The van der Waals surface area contributed by atoms with Crippen molar-refractivity contribution >= 4 is 44.8 Å². The lowest BCUT2D eigenvalue weighted by molar-refractivity contribution is -0.391. The van der Waals surface area contributed by atoms with Crippen molar-refractivity contribution in [2.75, 3.05) is 11.4 Å². The summed E-state index contributed by atoms with van der Waals surface area (Å²) >= 11 is 9.90. The minimum atomic E-state index is -0.490. The molecule has 0 unspecified atom stereocenters. The second kappa shape index (κ2) is 5.71. The van der Waals surface area contributed by atoms with E-state index >= 15 is 0 Å². The summed E-state index contributed by atoms with van der Waals surface area (Å²) in [5.41, 5.74) is 2.70. The van der Waals surface area contributed by atoms with E-state index in [0.29, 0.717) is 23.0 Å². The van der Waals surface area contributed by atoms with Gasteiger partial charge in [0.2, 0.25) is 5.65 Å². The molecule has 1 aromatic carbocycles. The highest BCUT2D eigenvalue weighted by Crippen LogP contribution is 2.33. The van der Waals surface area contributed by atoms with Crippen LogP contribution in [0.5, 0.6) is 0 Å². The van der Waals surface area contributed by atoms with E-state index in [2.05, 4.69) is 30.9 Å². The Morgan fingerprint density at radius 1 is 1.25 bits per heavy atom. The summed E-state index contributed by atoms with van der Waals surface area (Å²) in [7, 11) is 0. The van der Waals surface area contributed by atoms with Crippen LogP contribution in [0.3, 0.4) is 0 Å². The number of benzene rings is 1. The second-order valence-corrected chi connectivity index (χ2v) is 6.75. The zero-order valence-electron chi connectivity index (χ0n) is 12.3. The number of imidazole rings is 1. The fourth-order valence-electron chi connectivity index (χ4n) is 2.93. The largest absolute Gasteiger partial charge is 0.368 e. The zero-order chi connectivity index (χ0) is 16.8. The SMILES string of the molecule is O=[N+]([O-])c1cnc2ccc(N3CCc4c(Br)ccc(Cl)c4C3)nn12. The smallest absolute Gasteiger partial charge is 0.358 e. The van der Waals surface area contributed by atoms with Crippen molar-refractivity contribution in [1.29, 1.82) is 0 Å². The third-order valence-electron chi connectivity index (χ3n) is 4.14. The lowest BCUT2D eigenvalue weighted by Crippen LogP contribution is -2.31. The van der Waals surface area contributed by atoms with Crippen LogP contribution in [0.2, 0.25) is 5.02 Å². The Hall–Kier alpha value is -2.19. The number of fused-ring (bicyclic) bond motifs is 2. The maximum atomic E-state index is 11.1. The van der Waals surface area contributed by atoms with Crippen LogP contribution in [-0.4, -0.2) is 26.1 Å². The van der Waals surface area contributed by atoms with Gasteiger partial charge in [0.1, 0.15) is 6.20 Å². The average Bonchev–Trinajstić information content (AvgIpc) is 3.01. The Kier molecular flexibility index (Phi) is 3.65. The first-order chi connectivity index (χ1) is 11.5. The molecule has 0 bridgehead atoms. The normalized spacial score (nSPS) is 14.0. The molecule has 0 N–H and O–H groups in total. The van der Waals surface area contributed by atoms with E-state index in [4.69, 9.17) is 11.6 Å². The monoisotopic (exact) mass is 407 g/mol. The molecule has 4 rings (SSSR count). The summed E-state index contributed by atoms with van der Waals surface area (Å²) in [6, 6.07) is 7.37. The predicted octanol–water partition coefficient (Wildman–Crippen LogP) is 3.62. The van der Waals surface area contributed by atoms with Crippen LogP contribution in [0.4, 0.5) is 11.6 Å². The molecule has 1 aliphatic rings. The van der Waals surface area contributed by atoms with Crippen LogP contribution < -0.4 is 4.90 Å². The number of aromatic nitrogens is 3. The molecule has 0 saturated carbocycles. The minimum absolute atomic E-state index is 0.148. The lowest BCUT2D eigenvalue weighted by atomic mass is 10.00. The van der Waals surface area contributed by atoms with Crippen molar-refractivity contribution in [3.05, 3.63) is 61.2 Å². The molecule has 7 nitrogen and oxygen atoms in total. The molecule has 24 heavy (non-hydrogen) atoms.